The van der Waals surface area contributed by atoms with Crippen LogP contribution in [0.2, 0.25) is 0 Å². The van der Waals surface area contributed by atoms with Crippen LogP contribution in [0.4, 0.5) is 5.82 Å². The zero-order valence-corrected chi connectivity index (χ0v) is 9.29. The molecule has 0 aromatic carbocycles. The van der Waals surface area contributed by atoms with Gasteiger partial charge in [-0.2, -0.15) is 0 Å². The lowest BCUT2D eigenvalue weighted by Crippen LogP contribution is -2.20. The Morgan fingerprint density at radius 2 is 2.38 bits per heavy atom. The Kier molecular flexibility index (Phi) is 3.31. The van der Waals surface area contributed by atoms with Gasteiger partial charge in [0.2, 0.25) is 5.91 Å². The molecule has 1 amide bonds. The van der Waals surface area contributed by atoms with Crippen molar-refractivity contribution in [1.29, 1.82) is 0 Å². The second kappa shape index (κ2) is 4.90. The van der Waals surface area contributed by atoms with E-state index >= 15 is 0 Å². The quantitative estimate of drug-likeness (QED) is 0.787. The lowest BCUT2D eigenvalue weighted by molar-refractivity contribution is -0.114. The maximum absolute atomic E-state index is 10.8. The fraction of sp³-hybridized carbons (Fsp3) is 0.333. The van der Waals surface area contributed by atoms with E-state index in [0.29, 0.717) is 5.82 Å². The van der Waals surface area contributed by atoms with E-state index in [1.807, 2.05) is 18.3 Å². The number of nitrogens with one attached hydrogen (secondary N) is 2. The molecule has 84 valence electrons. The van der Waals surface area contributed by atoms with Crippen LogP contribution < -0.4 is 10.6 Å². The number of aromatic nitrogens is 1. The molecular formula is C12H15N3O. The van der Waals surface area contributed by atoms with Crippen LogP contribution >= 0.6 is 0 Å². The summed E-state index contributed by atoms with van der Waals surface area (Å²) in [5.41, 5.74) is 2.45. The van der Waals surface area contributed by atoms with Gasteiger partial charge in [-0.05, 0) is 36.2 Å². The molecule has 1 aromatic heterocycles. The van der Waals surface area contributed by atoms with Gasteiger partial charge in [-0.25, -0.2) is 4.98 Å². The molecule has 0 fully saturated rings. The molecule has 2 rings (SSSR count). The number of hydrogen-bond acceptors (Lipinski definition) is 3. The summed E-state index contributed by atoms with van der Waals surface area (Å²) in [6.07, 6.45) is 5.02. The summed E-state index contributed by atoms with van der Waals surface area (Å²) >= 11 is 0. The molecule has 0 aliphatic carbocycles. The second-order valence-electron chi connectivity index (χ2n) is 3.80. The second-order valence-corrected chi connectivity index (χ2v) is 3.80. The van der Waals surface area contributed by atoms with E-state index in [0.717, 1.165) is 25.1 Å². The highest BCUT2D eigenvalue weighted by Crippen LogP contribution is 2.19. The summed E-state index contributed by atoms with van der Waals surface area (Å²) in [5, 5.41) is 5.92. The Morgan fingerprint density at radius 3 is 2.94 bits per heavy atom. The van der Waals surface area contributed by atoms with Gasteiger partial charge in [0.15, 0.2) is 0 Å². The molecule has 2 N–H and O–H groups in total. The van der Waals surface area contributed by atoms with E-state index in [2.05, 4.69) is 21.7 Å². The monoisotopic (exact) mass is 217 g/mol. The first-order chi connectivity index (χ1) is 7.75. The van der Waals surface area contributed by atoms with Crippen LogP contribution in [0, 0.1) is 0 Å². The molecule has 1 aliphatic heterocycles. The minimum absolute atomic E-state index is 0.0960. The molecule has 1 aliphatic rings. The van der Waals surface area contributed by atoms with Crippen molar-refractivity contribution in [3.8, 4) is 0 Å². The zero-order valence-electron chi connectivity index (χ0n) is 9.29. The predicted octanol–water partition coefficient (Wildman–Crippen LogP) is 1.42. The van der Waals surface area contributed by atoms with Crippen molar-refractivity contribution >= 4 is 17.3 Å². The van der Waals surface area contributed by atoms with E-state index < -0.39 is 0 Å². The highest BCUT2D eigenvalue weighted by Gasteiger charge is 2.06. The predicted molar refractivity (Wildman–Crippen MR) is 64.0 cm³/mol. The third-order valence-electron chi connectivity index (χ3n) is 2.50. The normalized spacial score (nSPS) is 15.4. The Labute approximate surface area is 94.8 Å². The highest BCUT2D eigenvalue weighted by atomic mass is 16.1. The lowest BCUT2D eigenvalue weighted by atomic mass is 10.0. The van der Waals surface area contributed by atoms with Gasteiger partial charge in [0, 0.05) is 19.7 Å². The molecule has 4 heteroatoms. The van der Waals surface area contributed by atoms with Crippen LogP contribution in [-0.4, -0.2) is 24.0 Å². The van der Waals surface area contributed by atoms with Crippen LogP contribution in [0.1, 0.15) is 18.9 Å². The molecule has 16 heavy (non-hydrogen) atoms. The summed E-state index contributed by atoms with van der Waals surface area (Å²) in [5.74, 6) is 0.507. The molecule has 0 spiro atoms. The van der Waals surface area contributed by atoms with Crippen molar-refractivity contribution < 1.29 is 4.79 Å². The third-order valence-corrected chi connectivity index (χ3v) is 2.50. The number of carbonyl (C=O) groups excluding carboxylic acids is 1. The molecule has 4 nitrogen and oxygen atoms in total. The first-order valence-electron chi connectivity index (χ1n) is 5.39. The largest absolute Gasteiger partial charge is 0.313 e. The van der Waals surface area contributed by atoms with Crippen LogP contribution in [0.25, 0.3) is 5.57 Å². The van der Waals surface area contributed by atoms with Crippen LogP contribution in [0.5, 0.6) is 0 Å². The van der Waals surface area contributed by atoms with Crippen molar-refractivity contribution in [3.63, 3.8) is 0 Å². The highest BCUT2D eigenvalue weighted by molar-refractivity contribution is 5.87. The van der Waals surface area contributed by atoms with Crippen molar-refractivity contribution in [3.05, 3.63) is 30.0 Å². The Hall–Kier alpha value is -1.68. The summed E-state index contributed by atoms with van der Waals surface area (Å²) in [6.45, 7) is 3.41. The van der Waals surface area contributed by atoms with Crippen LogP contribution in [0.15, 0.2) is 24.4 Å². The number of anilines is 1. The zero-order chi connectivity index (χ0) is 11.4. The number of rotatable bonds is 2. The first-order valence-corrected chi connectivity index (χ1v) is 5.39. The molecule has 0 saturated heterocycles. The molecule has 0 atom stereocenters. The summed E-state index contributed by atoms with van der Waals surface area (Å²) < 4.78 is 0. The standard InChI is InChI=1S/C12H15N3O/c1-9(16)15-12-3-2-11(8-14-12)10-4-6-13-7-5-10/h2-4,8,13H,5-7H2,1H3,(H,14,15,16). The molecule has 0 saturated carbocycles. The Bertz CT molecular complexity index is 409. The molecule has 0 bridgehead atoms. The number of pyridine rings is 1. The smallest absolute Gasteiger partial charge is 0.222 e. The van der Waals surface area contributed by atoms with Crippen molar-refractivity contribution in [2.45, 2.75) is 13.3 Å². The van der Waals surface area contributed by atoms with Gasteiger partial charge < -0.3 is 10.6 Å². The van der Waals surface area contributed by atoms with E-state index in [1.165, 1.54) is 12.5 Å². The summed E-state index contributed by atoms with van der Waals surface area (Å²) in [4.78, 5) is 15.0. The summed E-state index contributed by atoms with van der Waals surface area (Å²) in [6, 6.07) is 3.83. The average Bonchev–Trinajstić information content (AvgIpc) is 2.30. The van der Waals surface area contributed by atoms with Gasteiger partial charge in [-0.3, -0.25) is 4.79 Å². The summed E-state index contributed by atoms with van der Waals surface area (Å²) in [7, 11) is 0. The lowest BCUT2D eigenvalue weighted by Gasteiger charge is -2.14. The van der Waals surface area contributed by atoms with Gasteiger partial charge >= 0.3 is 0 Å². The third kappa shape index (κ3) is 2.67. The number of carbonyl (C=O) groups is 1. The molecule has 0 radical (unpaired) electrons. The van der Waals surface area contributed by atoms with Gasteiger partial charge in [0.1, 0.15) is 5.82 Å². The Morgan fingerprint density at radius 1 is 1.50 bits per heavy atom. The number of amides is 1. The minimum atomic E-state index is -0.0960. The number of hydrogen-bond donors (Lipinski definition) is 2. The van der Waals surface area contributed by atoms with Gasteiger partial charge in [0.05, 0.1) is 0 Å². The van der Waals surface area contributed by atoms with E-state index in [9.17, 15) is 4.79 Å². The van der Waals surface area contributed by atoms with Gasteiger partial charge in [0.25, 0.3) is 0 Å². The van der Waals surface area contributed by atoms with Crippen LogP contribution in [0.3, 0.4) is 0 Å². The van der Waals surface area contributed by atoms with Gasteiger partial charge in [-0.1, -0.05) is 6.08 Å². The van der Waals surface area contributed by atoms with E-state index in [1.54, 1.807) is 0 Å². The number of nitrogens with zero attached hydrogens (tertiary/aromatic N) is 1. The fourth-order valence-corrected chi connectivity index (χ4v) is 1.72. The van der Waals surface area contributed by atoms with Gasteiger partial charge in [-0.15, -0.1) is 0 Å². The van der Waals surface area contributed by atoms with Crippen molar-refractivity contribution in [1.82, 2.24) is 10.3 Å². The fourth-order valence-electron chi connectivity index (χ4n) is 1.72. The van der Waals surface area contributed by atoms with E-state index in [-0.39, 0.29) is 5.91 Å². The van der Waals surface area contributed by atoms with Crippen LogP contribution in [-0.2, 0) is 4.79 Å². The topological polar surface area (TPSA) is 54.0 Å². The van der Waals surface area contributed by atoms with Crippen molar-refractivity contribution in [2.75, 3.05) is 18.4 Å². The minimum Gasteiger partial charge on any atom is -0.313 e. The molecule has 0 unspecified atom stereocenters. The SMILES string of the molecule is CC(=O)Nc1ccc(C2=CCNCC2)cn1. The molecule has 2 heterocycles. The molecular weight excluding hydrogens is 202 g/mol. The maximum atomic E-state index is 10.8. The first kappa shape index (κ1) is 10.8. The van der Waals surface area contributed by atoms with E-state index in [4.69, 9.17) is 0 Å². The molecule has 1 aromatic rings. The maximum Gasteiger partial charge on any atom is 0.222 e. The Balaban J connectivity index is 2.12. The van der Waals surface area contributed by atoms with Crippen molar-refractivity contribution in [2.24, 2.45) is 0 Å². The average molecular weight is 217 g/mol.